The van der Waals surface area contributed by atoms with E-state index >= 15 is 0 Å². The maximum atomic E-state index is 12.2. The van der Waals surface area contributed by atoms with Crippen LogP contribution in [-0.4, -0.2) is 38.6 Å². The number of carbonyl (C=O) groups excluding carboxylic acids is 2. The molecule has 1 aromatic heterocycles. The van der Waals surface area contributed by atoms with Crippen molar-refractivity contribution < 1.29 is 9.59 Å². The quantitative estimate of drug-likeness (QED) is 0.887. The van der Waals surface area contributed by atoms with Crippen molar-refractivity contribution in [1.82, 2.24) is 20.0 Å². The van der Waals surface area contributed by atoms with E-state index in [2.05, 4.69) is 26.3 Å². The van der Waals surface area contributed by atoms with Crippen LogP contribution >= 0.6 is 15.9 Å². The summed E-state index contributed by atoms with van der Waals surface area (Å²) in [5.74, 6) is -0.204. The molecule has 0 atom stereocenters. The third-order valence-corrected chi connectivity index (χ3v) is 4.85. The molecule has 1 aliphatic rings. The van der Waals surface area contributed by atoms with Crippen LogP contribution in [0.1, 0.15) is 39.1 Å². The summed E-state index contributed by atoms with van der Waals surface area (Å²) in [7, 11) is 0. The minimum Gasteiger partial charge on any atom is -0.345 e. The zero-order valence-corrected chi connectivity index (χ0v) is 14.5. The number of nitrogens with zero attached hydrogens (tertiary/aromatic N) is 3. The number of hydrogen-bond acceptors (Lipinski definition) is 3. The van der Waals surface area contributed by atoms with E-state index in [1.807, 2.05) is 18.5 Å². The Morgan fingerprint density at radius 2 is 2.00 bits per heavy atom. The highest BCUT2D eigenvalue weighted by atomic mass is 79.9. The second-order valence-corrected chi connectivity index (χ2v) is 6.39. The largest absolute Gasteiger partial charge is 0.345 e. The molecular weight excluding hydrogens is 336 g/mol. The van der Waals surface area contributed by atoms with Crippen LogP contribution in [0.15, 0.2) is 4.47 Å². The fraction of sp³-hybridized carbons (Fsp3) is 0.643. The highest BCUT2D eigenvalue weighted by Crippen LogP contribution is 2.27. The van der Waals surface area contributed by atoms with Crippen molar-refractivity contribution in [2.45, 2.75) is 52.7 Å². The Labute approximate surface area is 133 Å². The highest BCUT2D eigenvalue weighted by Gasteiger charge is 2.42. The molecule has 1 aliphatic heterocycles. The first-order chi connectivity index (χ1) is 9.82. The van der Waals surface area contributed by atoms with Crippen molar-refractivity contribution in [3.05, 3.63) is 15.9 Å². The summed E-state index contributed by atoms with van der Waals surface area (Å²) in [5, 5.41) is 7.17. The van der Waals surface area contributed by atoms with Crippen LogP contribution in [0.5, 0.6) is 0 Å². The lowest BCUT2D eigenvalue weighted by Gasteiger charge is -2.41. The third kappa shape index (κ3) is 2.71. The molecule has 0 saturated carbocycles. The predicted octanol–water partition coefficient (Wildman–Crippen LogP) is 1.46. The SMILES string of the molecule is CCc1nn(CC)c(CN2C(=O)CNC(=O)C2(C)C)c1Br. The zero-order valence-electron chi connectivity index (χ0n) is 12.9. The maximum absolute atomic E-state index is 12.2. The number of hydrogen-bond donors (Lipinski definition) is 1. The van der Waals surface area contributed by atoms with Gasteiger partial charge < -0.3 is 10.2 Å². The molecule has 0 aromatic carbocycles. The van der Waals surface area contributed by atoms with Crippen molar-refractivity contribution in [3.63, 3.8) is 0 Å². The van der Waals surface area contributed by atoms with Gasteiger partial charge in [-0.25, -0.2) is 0 Å². The Morgan fingerprint density at radius 1 is 1.33 bits per heavy atom. The summed E-state index contributed by atoms with van der Waals surface area (Å²) in [6, 6.07) is 0. The van der Waals surface area contributed by atoms with Crippen molar-refractivity contribution in [2.24, 2.45) is 0 Å². The summed E-state index contributed by atoms with van der Waals surface area (Å²) in [5.41, 5.74) is 1.05. The topological polar surface area (TPSA) is 67.2 Å². The van der Waals surface area contributed by atoms with Crippen LogP contribution in [0, 0.1) is 0 Å². The van der Waals surface area contributed by atoms with Crippen molar-refractivity contribution >= 4 is 27.7 Å². The molecule has 21 heavy (non-hydrogen) atoms. The summed E-state index contributed by atoms with van der Waals surface area (Å²) >= 11 is 3.58. The van der Waals surface area contributed by atoms with Gasteiger partial charge in [0.1, 0.15) is 5.54 Å². The lowest BCUT2D eigenvalue weighted by molar-refractivity contribution is -0.152. The lowest BCUT2D eigenvalue weighted by Crippen LogP contribution is -2.64. The van der Waals surface area contributed by atoms with E-state index in [1.54, 1.807) is 18.7 Å². The molecule has 2 rings (SSSR count). The molecule has 116 valence electrons. The van der Waals surface area contributed by atoms with E-state index in [-0.39, 0.29) is 18.4 Å². The van der Waals surface area contributed by atoms with Crippen LogP contribution in [0.4, 0.5) is 0 Å². The van der Waals surface area contributed by atoms with Gasteiger partial charge >= 0.3 is 0 Å². The molecule has 0 aliphatic carbocycles. The lowest BCUT2D eigenvalue weighted by atomic mass is 9.98. The van der Waals surface area contributed by atoms with E-state index < -0.39 is 5.54 Å². The molecule has 6 nitrogen and oxygen atoms in total. The molecule has 1 aromatic rings. The van der Waals surface area contributed by atoms with Gasteiger partial charge in [0, 0.05) is 6.54 Å². The predicted molar refractivity (Wildman–Crippen MR) is 82.6 cm³/mol. The molecule has 1 saturated heterocycles. The molecule has 0 spiro atoms. The van der Waals surface area contributed by atoms with Crippen LogP contribution < -0.4 is 5.32 Å². The fourth-order valence-corrected chi connectivity index (χ4v) is 3.20. The van der Waals surface area contributed by atoms with E-state index in [1.165, 1.54) is 0 Å². The average Bonchev–Trinajstić information content (AvgIpc) is 2.75. The molecule has 2 heterocycles. The number of carbonyl (C=O) groups is 2. The third-order valence-electron chi connectivity index (χ3n) is 3.93. The van der Waals surface area contributed by atoms with Gasteiger partial charge in [-0.15, -0.1) is 0 Å². The zero-order chi connectivity index (χ0) is 15.8. The van der Waals surface area contributed by atoms with Crippen molar-refractivity contribution in [1.29, 1.82) is 0 Å². The van der Waals surface area contributed by atoms with E-state index in [9.17, 15) is 9.59 Å². The van der Waals surface area contributed by atoms with Gasteiger partial charge in [-0.05, 0) is 43.1 Å². The van der Waals surface area contributed by atoms with Crippen LogP contribution in [0.25, 0.3) is 0 Å². The second kappa shape index (κ2) is 5.79. The van der Waals surface area contributed by atoms with Crippen LogP contribution in [0.2, 0.25) is 0 Å². The Bertz CT molecular complexity index is 580. The molecule has 0 bridgehead atoms. The van der Waals surface area contributed by atoms with Crippen molar-refractivity contribution in [2.75, 3.05) is 6.54 Å². The molecular formula is C14H21BrN4O2. The van der Waals surface area contributed by atoms with Gasteiger partial charge in [0.2, 0.25) is 11.8 Å². The van der Waals surface area contributed by atoms with Gasteiger partial charge in [0.05, 0.1) is 29.0 Å². The Kier molecular flexibility index (Phi) is 4.41. The number of halogens is 1. The minimum atomic E-state index is -0.857. The molecule has 0 radical (unpaired) electrons. The number of nitrogens with one attached hydrogen (secondary N) is 1. The van der Waals surface area contributed by atoms with Gasteiger partial charge in [-0.3, -0.25) is 14.3 Å². The maximum Gasteiger partial charge on any atom is 0.245 e. The normalized spacial score (nSPS) is 18.0. The first-order valence-electron chi connectivity index (χ1n) is 7.15. The smallest absolute Gasteiger partial charge is 0.245 e. The number of piperazine rings is 1. The highest BCUT2D eigenvalue weighted by molar-refractivity contribution is 9.10. The number of aromatic nitrogens is 2. The summed E-state index contributed by atoms with van der Waals surface area (Å²) < 4.78 is 2.82. The van der Waals surface area contributed by atoms with E-state index in [4.69, 9.17) is 0 Å². The fourth-order valence-electron chi connectivity index (χ4n) is 2.51. The summed E-state index contributed by atoms with van der Waals surface area (Å²) in [6.45, 7) is 8.74. The van der Waals surface area contributed by atoms with Crippen LogP contribution in [0.3, 0.4) is 0 Å². The molecule has 1 N–H and O–H groups in total. The van der Waals surface area contributed by atoms with Crippen LogP contribution in [-0.2, 0) is 29.1 Å². The number of aryl methyl sites for hydroxylation is 2. The number of amides is 2. The number of rotatable bonds is 4. The van der Waals surface area contributed by atoms with E-state index in [0.29, 0.717) is 6.54 Å². The Morgan fingerprint density at radius 3 is 2.57 bits per heavy atom. The average molecular weight is 357 g/mol. The molecule has 0 unspecified atom stereocenters. The molecule has 2 amide bonds. The second-order valence-electron chi connectivity index (χ2n) is 5.60. The van der Waals surface area contributed by atoms with Gasteiger partial charge in [0.25, 0.3) is 0 Å². The Hall–Kier alpha value is -1.37. The van der Waals surface area contributed by atoms with Gasteiger partial charge in [-0.1, -0.05) is 6.92 Å². The van der Waals surface area contributed by atoms with Gasteiger partial charge in [-0.2, -0.15) is 5.10 Å². The summed E-state index contributed by atoms with van der Waals surface area (Å²) in [6.07, 6.45) is 0.818. The standard InChI is InChI=1S/C14H21BrN4O2/c1-5-9-12(15)10(19(6-2)17-9)8-18-11(20)7-16-13(21)14(18,3)4/h5-8H2,1-4H3,(H,16,21). The Balaban J connectivity index is 2.38. The molecule has 1 fully saturated rings. The van der Waals surface area contributed by atoms with Crippen molar-refractivity contribution in [3.8, 4) is 0 Å². The first kappa shape index (κ1) is 16.0. The minimum absolute atomic E-state index is 0.0563. The monoisotopic (exact) mass is 356 g/mol. The van der Waals surface area contributed by atoms with E-state index in [0.717, 1.165) is 28.8 Å². The summed E-state index contributed by atoms with van der Waals surface area (Å²) in [4.78, 5) is 25.9. The first-order valence-corrected chi connectivity index (χ1v) is 7.95. The van der Waals surface area contributed by atoms with Gasteiger partial charge in [0.15, 0.2) is 0 Å². The molecule has 7 heteroatoms.